The first-order valence-corrected chi connectivity index (χ1v) is 7.98. The van der Waals surface area contributed by atoms with Gasteiger partial charge in [0.25, 0.3) is 5.91 Å². The highest BCUT2D eigenvalue weighted by molar-refractivity contribution is 5.98. The molecule has 2 heterocycles. The van der Waals surface area contributed by atoms with Gasteiger partial charge in [-0.25, -0.2) is 0 Å². The minimum absolute atomic E-state index is 0.0716. The SMILES string of the molecule is Cc1ccc(C(CN(C)C)NC(=O)c2cc3ccncc3[nH]2)cc1. The van der Waals surface area contributed by atoms with Crippen molar-refractivity contribution < 1.29 is 4.79 Å². The van der Waals surface area contributed by atoms with Crippen molar-refractivity contribution in [1.29, 1.82) is 0 Å². The Balaban J connectivity index is 1.83. The fourth-order valence-corrected chi connectivity index (χ4v) is 2.73. The topological polar surface area (TPSA) is 61.0 Å². The van der Waals surface area contributed by atoms with Crippen molar-refractivity contribution in [2.75, 3.05) is 20.6 Å². The van der Waals surface area contributed by atoms with Gasteiger partial charge in [-0.05, 0) is 38.7 Å². The Morgan fingerprint density at radius 1 is 1.25 bits per heavy atom. The van der Waals surface area contributed by atoms with Crippen LogP contribution in [0.2, 0.25) is 0 Å². The molecule has 0 bridgehead atoms. The average Bonchev–Trinajstić information content (AvgIpc) is 2.98. The number of nitrogens with zero attached hydrogens (tertiary/aromatic N) is 2. The first-order chi connectivity index (χ1) is 11.5. The molecule has 0 spiro atoms. The Kier molecular flexibility index (Phi) is 4.62. The summed E-state index contributed by atoms with van der Waals surface area (Å²) in [5.41, 5.74) is 3.72. The number of nitrogens with one attached hydrogen (secondary N) is 2. The number of likely N-dealkylation sites (N-methyl/N-ethyl adjacent to an activating group) is 1. The van der Waals surface area contributed by atoms with Crippen molar-refractivity contribution in [3.63, 3.8) is 0 Å². The number of rotatable bonds is 5. The Morgan fingerprint density at radius 3 is 2.67 bits per heavy atom. The first-order valence-electron chi connectivity index (χ1n) is 7.98. The van der Waals surface area contributed by atoms with E-state index in [1.165, 1.54) is 5.56 Å². The van der Waals surface area contributed by atoms with E-state index in [4.69, 9.17) is 0 Å². The number of aryl methyl sites for hydroxylation is 1. The lowest BCUT2D eigenvalue weighted by molar-refractivity contribution is 0.0925. The van der Waals surface area contributed by atoms with E-state index in [0.717, 1.165) is 23.0 Å². The van der Waals surface area contributed by atoms with E-state index in [1.54, 1.807) is 12.4 Å². The van der Waals surface area contributed by atoms with Gasteiger partial charge in [-0.2, -0.15) is 0 Å². The summed E-state index contributed by atoms with van der Waals surface area (Å²) >= 11 is 0. The van der Waals surface area contributed by atoms with Crippen LogP contribution in [0.1, 0.15) is 27.7 Å². The quantitative estimate of drug-likeness (QED) is 0.759. The van der Waals surface area contributed by atoms with Crippen molar-refractivity contribution in [2.24, 2.45) is 0 Å². The Labute approximate surface area is 141 Å². The molecular formula is C19H22N4O. The number of benzene rings is 1. The summed E-state index contributed by atoms with van der Waals surface area (Å²) in [5.74, 6) is -0.112. The molecule has 0 saturated carbocycles. The largest absolute Gasteiger partial charge is 0.349 e. The number of hydrogen-bond donors (Lipinski definition) is 2. The van der Waals surface area contributed by atoms with Crippen LogP contribution in [0.4, 0.5) is 0 Å². The number of hydrogen-bond acceptors (Lipinski definition) is 3. The molecule has 3 rings (SSSR count). The van der Waals surface area contributed by atoms with E-state index in [-0.39, 0.29) is 11.9 Å². The molecule has 1 amide bonds. The molecule has 2 N–H and O–H groups in total. The maximum atomic E-state index is 12.7. The molecule has 5 nitrogen and oxygen atoms in total. The third-order valence-corrected chi connectivity index (χ3v) is 4.00. The Morgan fingerprint density at radius 2 is 2.00 bits per heavy atom. The highest BCUT2D eigenvalue weighted by atomic mass is 16.1. The summed E-state index contributed by atoms with van der Waals surface area (Å²) in [6.07, 6.45) is 3.45. The van der Waals surface area contributed by atoms with E-state index < -0.39 is 0 Å². The van der Waals surface area contributed by atoms with Gasteiger partial charge in [0, 0.05) is 18.1 Å². The molecule has 0 saturated heterocycles. The standard InChI is InChI=1S/C19H22N4O/c1-13-4-6-14(7-5-13)18(12-23(2)3)22-19(24)16-10-15-8-9-20-11-17(15)21-16/h4-11,18,21H,12H2,1-3H3,(H,22,24). The number of H-pyrrole nitrogens is 1. The predicted molar refractivity (Wildman–Crippen MR) is 96.0 cm³/mol. The molecule has 0 aliphatic rings. The van der Waals surface area contributed by atoms with E-state index in [0.29, 0.717) is 5.69 Å². The van der Waals surface area contributed by atoms with Crippen LogP contribution in [0.25, 0.3) is 10.9 Å². The zero-order valence-corrected chi connectivity index (χ0v) is 14.2. The molecule has 124 valence electrons. The van der Waals surface area contributed by atoms with Gasteiger partial charge < -0.3 is 15.2 Å². The molecule has 0 fully saturated rings. The number of aromatic amines is 1. The van der Waals surface area contributed by atoms with Gasteiger partial charge in [0.1, 0.15) is 5.69 Å². The lowest BCUT2D eigenvalue weighted by Gasteiger charge is -2.22. The van der Waals surface area contributed by atoms with Crippen LogP contribution in [-0.2, 0) is 0 Å². The molecule has 1 atom stereocenters. The van der Waals surface area contributed by atoms with Crippen LogP contribution in [0.15, 0.2) is 48.8 Å². The van der Waals surface area contributed by atoms with Crippen LogP contribution in [0.5, 0.6) is 0 Å². The first kappa shape index (κ1) is 16.2. The zero-order valence-electron chi connectivity index (χ0n) is 14.2. The molecular weight excluding hydrogens is 300 g/mol. The second kappa shape index (κ2) is 6.84. The van der Waals surface area contributed by atoms with E-state index in [2.05, 4.69) is 51.4 Å². The van der Waals surface area contributed by atoms with Gasteiger partial charge in [-0.15, -0.1) is 0 Å². The van der Waals surface area contributed by atoms with Crippen molar-refractivity contribution in [3.8, 4) is 0 Å². The summed E-state index contributed by atoms with van der Waals surface area (Å²) in [6.45, 7) is 2.79. The van der Waals surface area contributed by atoms with Crippen LogP contribution in [0.3, 0.4) is 0 Å². The number of carbonyl (C=O) groups is 1. The Bertz CT molecular complexity index is 803. The van der Waals surface area contributed by atoms with Crippen molar-refractivity contribution in [1.82, 2.24) is 20.2 Å². The minimum atomic E-state index is -0.112. The number of amides is 1. The molecule has 3 aromatic rings. The second-order valence-corrected chi connectivity index (χ2v) is 6.34. The lowest BCUT2D eigenvalue weighted by atomic mass is 10.0. The highest BCUT2D eigenvalue weighted by Gasteiger charge is 2.18. The van der Waals surface area contributed by atoms with E-state index in [9.17, 15) is 4.79 Å². The van der Waals surface area contributed by atoms with Gasteiger partial charge >= 0.3 is 0 Å². The molecule has 2 aromatic heterocycles. The lowest BCUT2D eigenvalue weighted by Crippen LogP contribution is -2.35. The van der Waals surface area contributed by atoms with E-state index >= 15 is 0 Å². The van der Waals surface area contributed by atoms with Gasteiger partial charge in [0.2, 0.25) is 0 Å². The molecule has 5 heteroatoms. The third kappa shape index (κ3) is 3.63. The van der Waals surface area contributed by atoms with Crippen LogP contribution < -0.4 is 5.32 Å². The fourth-order valence-electron chi connectivity index (χ4n) is 2.73. The zero-order chi connectivity index (χ0) is 17.1. The molecule has 0 radical (unpaired) electrons. The maximum Gasteiger partial charge on any atom is 0.268 e. The molecule has 0 aliphatic heterocycles. The summed E-state index contributed by atoms with van der Waals surface area (Å²) in [4.78, 5) is 21.9. The van der Waals surface area contributed by atoms with Crippen molar-refractivity contribution in [3.05, 3.63) is 65.6 Å². The number of fused-ring (bicyclic) bond motifs is 1. The smallest absolute Gasteiger partial charge is 0.268 e. The maximum absolute atomic E-state index is 12.7. The normalized spacial score (nSPS) is 12.5. The van der Waals surface area contributed by atoms with Gasteiger partial charge in [0.05, 0.1) is 17.8 Å². The van der Waals surface area contributed by atoms with Crippen LogP contribution in [-0.4, -0.2) is 41.4 Å². The molecule has 1 unspecified atom stereocenters. The summed E-state index contributed by atoms with van der Waals surface area (Å²) in [6, 6.07) is 11.9. The monoisotopic (exact) mass is 322 g/mol. The summed E-state index contributed by atoms with van der Waals surface area (Å²) < 4.78 is 0. The van der Waals surface area contributed by atoms with Gasteiger partial charge in [-0.3, -0.25) is 9.78 Å². The Hall–Kier alpha value is -2.66. The van der Waals surface area contributed by atoms with Gasteiger partial charge in [0.15, 0.2) is 0 Å². The van der Waals surface area contributed by atoms with Crippen LogP contribution >= 0.6 is 0 Å². The average molecular weight is 322 g/mol. The third-order valence-electron chi connectivity index (χ3n) is 4.00. The molecule has 1 aromatic carbocycles. The van der Waals surface area contributed by atoms with Crippen molar-refractivity contribution in [2.45, 2.75) is 13.0 Å². The summed E-state index contributed by atoms with van der Waals surface area (Å²) in [7, 11) is 4.00. The summed E-state index contributed by atoms with van der Waals surface area (Å²) in [5, 5.41) is 4.11. The molecule has 24 heavy (non-hydrogen) atoms. The van der Waals surface area contributed by atoms with E-state index in [1.807, 2.05) is 26.2 Å². The van der Waals surface area contributed by atoms with Crippen LogP contribution in [0, 0.1) is 6.92 Å². The highest BCUT2D eigenvalue weighted by Crippen LogP contribution is 2.17. The fraction of sp³-hybridized carbons (Fsp3) is 0.263. The number of carbonyl (C=O) groups excluding carboxylic acids is 1. The predicted octanol–water partition coefficient (Wildman–Crippen LogP) is 2.90. The van der Waals surface area contributed by atoms with Gasteiger partial charge in [-0.1, -0.05) is 29.8 Å². The number of pyridine rings is 1. The molecule has 0 aliphatic carbocycles. The minimum Gasteiger partial charge on any atom is -0.349 e. The second-order valence-electron chi connectivity index (χ2n) is 6.34. The number of aromatic nitrogens is 2. The van der Waals surface area contributed by atoms with Crippen molar-refractivity contribution >= 4 is 16.8 Å².